The van der Waals surface area contributed by atoms with E-state index < -0.39 is 0 Å². The molecule has 0 unspecified atom stereocenters. The van der Waals surface area contributed by atoms with Gasteiger partial charge in [0.15, 0.2) is 0 Å². The fourth-order valence-electron chi connectivity index (χ4n) is 1.05. The lowest BCUT2D eigenvalue weighted by molar-refractivity contribution is 0.0812. The summed E-state index contributed by atoms with van der Waals surface area (Å²) >= 11 is 5.76. The standard InChI is InChI=1S/C11H10ClNO/c1-3-7-13(2)11(14)9-5-4-6-10(12)8-9/h1,4-6,8H,7H2,2H3. The van der Waals surface area contributed by atoms with E-state index in [0.717, 1.165) is 0 Å². The molecule has 0 atom stereocenters. The third-order valence-electron chi connectivity index (χ3n) is 1.75. The van der Waals surface area contributed by atoms with Gasteiger partial charge in [0.1, 0.15) is 0 Å². The Bertz CT molecular complexity index is 381. The molecule has 0 radical (unpaired) electrons. The van der Waals surface area contributed by atoms with Crippen LogP contribution >= 0.6 is 11.6 Å². The van der Waals surface area contributed by atoms with Crippen LogP contribution in [0.5, 0.6) is 0 Å². The van der Waals surface area contributed by atoms with Gasteiger partial charge in [-0.05, 0) is 18.2 Å². The number of amides is 1. The van der Waals surface area contributed by atoms with Crippen LogP contribution in [0.15, 0.2) is 24.3 Å². The number of carbonyl (C=O) groups is 1. The van der Waals surface area contributed by atoms with Gasteiger partial charge in [-0.3, -0.25) is 4.79 Å². The molecule has 0 bridgehead atoms. The second-order valence-corrected chi connectivity index (χ2v) is 3.31. The van der Waals surface area contributed by atoms with E-state index in [4.69, 9.17) is 18.0 Å². The van der Waals surface area contributed by atoms with E-state index in [1.54, 1.807) is 31.3 Å². The molecule has 0 aromatic heterocycles. The molecule has 0 aliphatic rings. The van der Waals surface area contributed by atoms with Crippen molar-refractivity contribution in [2.45, 2.75) is 0 Å². The fraction of sp³-hybridized carbons (Fsp3) is 0.182. The minimum atomic E-state index is -0.120. The predicted octanol–water partition coefficient (Wildman–Crippen LogP) is 2.05. The van der Waals surface area contributed by atoms with E-state index in [-0.39, 0.29) is 5.91 Å². The third kappa shape index (κ3) is 2.51. The first-order chi connectivity index (χ1) is 6.65. The van der Waals surface area contributed by atoms with Crippen LogP contribution < -0.4 is 0 Å². The molecule has 0 aliphatic carbocycles. The van der Waals surface area contributed by atoms with Crippen molar-refractivity contribution >= 4 is 17.5 Å². The van der Waals surface area contributed by atoms with Gasteiger partial charge in [-0.1, -0.05) is 23.6 Å². The van der Waals surface area contributed by atoms with Crippen molar-refractivity contribution in [1.29, 1.82) is 0 Å². The largest absolute Gasteiger partial charge is 0.331 e. The summed E-state index contributed by atoms with van der Waals surface area (Å²) in [7, 11) is 1.66. The Labute approximate surface area is 88.5 Å². The van der Waals surface area contributed by atoms with Crippen LogP contribution in [0, 0.1) is 12.3 Å². The van der Waals surface area contributed by atoms with Crippen molar-refractivity contribution in [3.63, 3.8) is 0 Å². The topological polar surface area (TPSA) is 20.3 Å². The summed E-state index contributed by atoms with van der Waals surface area (Å²) in [6.45, 7) is 0.297. The van der Waals surface area contributed by atoms with E-state index in [1.165, 1.54) is 4.90 Å². The smallest absolute Gasteiger partial charge is 0.254 e. The van der Waals surface area contributed by atoms with Crippen LogP contribution in [-0.4, -0.2) is 24.4 Å². The van der Waals surface area contributed by atoms with Crippen LogP contribution in [0.1, 0.15) is 10.4 Å². The second kappa shape index (κ2) is 4.69. The average molecular weight is 208 g/mol. The van der Waals surface area contributed by atoms with E-state index in [9.17, 15) is 4.79 Å². The van der Waals surface area contributed by atoms with E-state index in [1.807, 2.05) is 0 Å². The van der Waals surface area contributed by atoms with Crippen LogP contribution in [0.3, 0.4) is 0 Å². The maximum absolute atomic E-state index is 11.7. The van der Waals surface area contributed by atoms with Crippen LogP contribution in [0.4, 0.5) is 0 Å². The van der Waals surface area contributed by atoms with E-state index in [0.29, 0.717) is 17.1 Å². The van der Waals surface area contributed by atoms with Gasteiger partial charge in [0.05, 0.1) is 6.54 Å². The summed E-state index contributed by atoms with van der Waals surface area (Å²) in [5.41, 5.74) is 0.551. The van der Waals surface area contributed by atoms with E-state index in [2.05, 4.69) is 5.92 Å². The molecule has 0 heterocycles. The van der Waals surface area contributed by atoms with Crippen LogP contribution in [0.25, 0.3) is 0 Å². The van der Waals surface area contributed by atoms with Crippen molar-refractivity contribution in [3.05, 3.63) is 34.9 Å². The van der Waals surface area contributed by atoms with Crippen molar-refractivity contribution in [2.24, 2.45) is 0 Å². The lowest BCUT2D eigenvalue weighted by Crippen LogP contribution is -2.26. The Balaban J connectivity index is 2.85. The number of hydrogen-bond acceptors (Lipinski definition) is 1. The van der Waals surface area contributed by atoms with Crippen molar-refractivity contribution in [3.8, 4) is 12.3 Å². The van der Waals surface area contributed by atoms with E-state index >= 15 is 0 Å². The highest BCUT2D eigenvalue weighted by molar-refractivity contribution is 6.30. The third-order valence-corrected chi connectivity index (χ3v) is 1.98. The van der Waals surface area contributed by atoms with Crippen LogP contribution in [-0.2, 0) is 0 Å². The zero-order valence-corrected chi connectivity index (χ0v) is 8.58. The molecule has 0 saturated heterocycles. The summed E-state index contributed by atoms with van der Waals surface area (Å²) in [6.07, 6.45) is 5.11. The quantitative estimate of drug-likeness (QED) is 0.680. The monoisotopic (exact) mass is 207 g/mol. The Morgan fingerprint density at radius 1 is 1.64 bits per heavy atom. The fourth-order valence-corrected chi connectivity index (χ4v) is 1.24. The Kier molecular flexibility index (Phi) is 3.55. The number of terminal acetylenes is 1. The highest BCUT2D eigenvalue weighted by Crippen LogP contribution is 2.11. The molecule has 0 fully saturated rings. The van der Waals surface area contributed by atoms with Gasteiger partial charge >= 0.3 is 0 Å². The molecule has 1 aromatic rings. The molecule has 0 aliphatic heterocycles. The van der Waals surface area contributed by atoms with Crippen molar-refractivity contribution in [2.75, 3.05) is 13.6 Å². The summed E-state index contributed by atoms with van der Waals surface area (Å²) in [5.74, 6) is 2.28. The van der Waals surface area contributed by atoms with Gasteiger partial charge in [0.25, 0.3) is 5.91 Å². The van der Waals surface area contributed by atoms with Gasteiger partial charge in [0.2, 0.25) is 0 Å². The molecular weight excluding hydrogens is 198 g/mol. The number of benzene rings is 1. The molecular formula is C11H10ClNO. The molecule has 0 spiro atoms. The highest BCUT2D eigenvalue weighted by Gasteiger charge is 2.09. The molecule has 0 saturated carbocycles. The number of nitrogens with zero attached hydrogens (tertiary/aromatic N) is 1. The number of halogens is 1. The lowest BCUT2D eigenvalue weighted by Gasteiger charge is -2.13. The van der Waals surface area contributed by atoms with Gasteiger partial charge < -0.3 is 4.90 Å². The minimum absolute atomic E-state index is 0.120. The number of carbonyl (C=O) groups excluding carboxylic acids is 1. The Hall–Kier alpha value is -1.46. The normalized spacial score (nSPS) is 9.21. The molecule has 1 amide bonds. The van der Waals surface area contributed by atoms with Crippen molar-refractivity contribution < 1.29 is 4.79 Å². The summed E-state index contributed by atoms with van der Waals surface area (Å²) in [6, 6.07) is 6.79. The molecule has 3 heteroatoms. The predicted molar refractivity (Wildman–Crippen MR) is 57.2 cm³/mol. The second-order valence-electron chi connectivity index (χ2n) is 2.88. The summed E-state index contributed by atoms with van der Waals surface area (Å²) in [5, 5.41) is 0.546. The zero-order chi connectivity index (χ0) is 10.6. The molecule has 2 nitrogen and oxygen atoms in total. The minimum Gasteiger partial charge on any atom is -0.331 e. The first-order valence-electron chi connectivity index (χ1n) is 4.09. The maximum atomic E-state index is 11.7. The SMILES string of the molecule is C#CCN(C)C(=O)c1cccc(Cl)c1. The number of rotatable bonds is 2. The summed E-state index contributed by atoms with van der Waals surface area (Å²) in [4.78, 5) is 13.1. The highest BCUT2D eigenvalue weighted by atomic mass is 35.5. The first-order valence-corrected chi connectivity index (χ1v) is 4.47. The summed E-state index contributed by atoms with van der Waals surface area (Å²) < 4.78 is 0. The first kappa shape index (κ1) is 10.6. The molecule has 1 rings (SSSR count). The van der Waals surface area contributed by atoms with Gasteiger partial charge in [0, 0.05) is 17.6 Å². The molecule has 72 valence electrons. The molecule has 1 aromatic carbocycles. The zero-order valence-electron chi connectivity index (χ0n) is 7.83. The lowest BCUT2D eigenvalue weighted by atomic mass is 10.2. The van der Waals surface area contributed by atoms with Crippen molar-refractivity contribution in [1.82, 2.24) is 4.90 Å². The molecule has 14 heavy (non-hydrogen) atoms. The maximum Gasteiger partial charge on any atom is 0.254 e. The van der Waals surface area contributed by atoms with Gasteiger partial charge in [-0.2, -0.15) is 0 Å². The van der Waals surface area contributed by atoms with Gasteiger partial charge in [-0.15, -0.1) is 6.42 Å². The number of hydrogen-bond donors (Lipinski definition) is 0. The van der Waals surface area contributed by atoms with Gasteiger partial charge in [-0.25, -0.2) is 0 Å². The Morgan fingerprint density at radius 3 is 2.93 bits per heavy atom. The Morgan fingerprint density at radius 2 is 2.36 bits per heavy atom. The average Bonchev–Trinajstić information content (AvgIpc) is 2.17. The van der Waals surface area contributed by atoms with Crippen LogP contribution in [0.2, 0.25) is 5.02 Å². The molecule has 0 N–H and O–H groups in total.